The van der Waals surface area contributed by atoms with Gasteiger partial charge in [0, 0.05) is 70.5 Å². The molecule has 3 amide bonds. The lowest BCUT2D eigenvalue weighted by molar-refractivity contribution is -0.138. The highest BCUT2D eigenvalue weighted by Crippen LogP contribution is 2.38. The first kappa shape index (κ1) is 35.1. The first-order valence-electron chi connectivity index (χ1n) is 16.1. The number of hydrogen-bond acceptors (Lipinski definition) is 6. The Morgan fingerprint density at radius 2 is 1.70 bits per heavy atom. The molecule has 46 heavy (non-hydrogen) atoms. The number of carbonyl (C=O) groups excluding carboxylic acids is 4. The van der Waals surface area contributed by atoms with Crippen LogP contribution in [0.2, 0.25) is 0 Å². The van der Waals surface area contributed by atoms with Gasteiger partial charge < -0.3 is 20.4 Å². The molecule has 1 aliphatic heterocycles. The molecule has 2 fully saturated rings. The molecule has 2 aliphatic rings. The number of rotatable bonds is 12. The molecule has 252 valence electrons. The van der Waals surface area contributed by atoms with Crippen LogP contribution in [0.1, 0.15) is 80.4 Å². The summed E-state index contributed by atoms with van der Waals surface area (Å²) in [7, 11) is 1.97. The molecule has 2 heterocycles. The van der Waals surface area contributed by atoms with Crippen LogP contribution in [-0.2, 0) is 27.3 Å². The van der Waals surface area contributed by atoms with E-state index < -0.39 is 60.2 Å². The van der Waals surface area contributed by atoms with Gasteiger partial charge in [0.15, 0.2) is 5.78 Å². The van der Waals surface area contributed by atoms with Crippen LogP contribution in [-0.4, -0.2) is 94.3 Å². The van der Waals surface area contributed by atoms with Crippen LogP contribution < -0.4 is 10.6 Å². The van der Waals surface area contributed by atoms with Crippen molar-refractivity contribution in [1.82, 2.24) is 30.2 Å². The molecule has 1 aliphatic carbocycles. The van der Waals surface area contributed by atoms with Gasteiger partial charge in [-0.1, -0.05) is 26.0 Å². The number of Topliss-reactive ketones (excluding diaryl/α,β-unsaturated/α-hetero) is 1. The highest BCUT2D eigenvalue weighted by Gasteiger charge is 2.40. The lowest BCUT2D eigenvalue weighted by Gasteiger charge is -2.36. The van der Waals surface area contributed by atoms with Gasteiger partial charge in [-0.2, -0.15) is 5.10 Å². The van der Waals surface area contributed by atoms with Gasteiger partial charge >= 0.3 is 0 Å². The number of aromatic nitrogens is 2. The Bertz CT molecular complexity index is 1400. The average molecular weight is 647 g/mol. The third-order valence-electron chi connectivity index (χ3n) is 9.30. The number of benzene rings is 1. The van der Waals surface area contributed by atoms with Gasteiger partial charge in [-0.25, -0.2) is 13.2 Å². The van der Waals surface area contributed by atoms with E-state index in [9.17, 15) is 28.0 Å². The summed E-state index contributed by atoms with van der Waals surface area (Å²) in [5.41, 5.74) is 0.797. The van der Waals surface area contributed by atoms with Gasteiger partial charge in [-0.05, 0) is 56.0 Å². The van der Waals surface area contributed by atoms with Crippen LogP contribution in [0.5, 0.6) is 0 Å². The van der Waals surface area contributed by atoms with Gasteiger partial charge in [0.05, 0.1) is 6.04 Å². The maximum Gasteiger partial charge on any atom is 0.270 e. The maximum atomic E-state index is 15.6. The fourth-order valence-electron chi connectivity index (χ4n) is 6.23. The third kappa shape index (κ3) is 8.54. The standard InChI is InChI=1S/C33H45F3N6O4/c1-5-28(44)38-29(32(46)41-17-15-40(4)16-18-41)21(3)23-7-8-24(25(34)19-23)20-27(43)30(22-9-12-33(35,36)13-10-22)39-31(45)26-11-14-37-42(26)6-2/h7-8,11,14,19,21-22,29-30H,5-6,9-10,12-13,15-18,20H2,1-4H3,(H,38,44)(H,39,45)/t21-,29+,30-/m0/s1. The zero-order valence-electron chi connectivity index (χ0n) is 27.0. The van der Waals surface area contributed by atoms with E-state index >= 15 is 4.39 Å². The van der Waals surface area contributed by atoms with Crippen molar-refractivity contribution >= 4 is 23.5 Å². The number of aryl methyl sites for hydroxylation is 1. The van der Waals surface area contributed by atoms with Crippen molar-refractivity contribution in [1.29, 1.82) is 0 Å². The minimum Gasteiger partial charge on any atom is -0.344 e. The summed E-state index contributed by atoms with van der Waals surface area (Å²) in [6.07, 6.45) is 0.587. The summed E-state index contributed by atoms with van der Waals surface area (Å²) >= 11 is 0. The SMILES string of the molecule is CCC(=O)N[C@@H](C(=O)N1CCN(C)CC1)[C@@H](C)c1ccc(CC(=O)[C@@H](NC(=O)c2ccnn2CC)C2CCC(F)(F)CC2)c(F)c1. The normalized spacial score (nSPS) is 19.2. The van der Waals surface area contributed by atoms with E-state index in [1.807, 2.05) is 14.0 Å². The highest BCUT2D eigenvalue weighted by atomic mass is 19.3. The third-order valence-corrected chi connectivity index (χ3v) is 9.30. The quantitative estimate of drug-likeness (QED) is 0.365. The maximum absolute atomic E-state index is 15.6. The summed E-state index contributed by atoms with van der Waals surface area (Å²) in [5.74, 6) is -6.15. The molecule has 1 saturated carbocycles. The monoisotopic (exact) mass is 646 g/mol. The molecule has 0 spiro atoms. The van der Waals surface area contributed by atoms with Crippen molar-refractivity contribution in [3.8, 4) is 0 Å². The Morgan fingerprint density at radius 3 is 2.30 bits per heavy atom. The summed E-state index contributed by atoms with van der Waals surface area (Å²) in [4.78, 5) is 56.5. The Kier molecular flexibility index (Phi) is 11.6. The molecule has 2 N–H and O–H groups in total. The summed E-state index contributed by atoms with van der Waals surface area (Å²) in [6, 6.07) is 3.90. The molecule has 13 heteroatoms. The molecule has 0 unspecified atom stereocenters. The smallest absolute Gasteiger partial charge is 0.270 e. The Balaban J connectivity index is 1.52. The Labute approximate surface area is 268 Å². The van der Waals surface area contributed by atoms with Gasteiger partial charge in [-0.3, -0.25) is 23.9 Å². The van der Waals surface area contributed by atoms with Crippen molar-refractivity contribution < 1.29 is 32.3 Å². The van der Waals surface area contributed by atoms with Crippen molar-refractivity contribution in [2.75, 3.05) is 33.2 Å². The fourth-order valence-corrected chi connectivity index (χ4v) is 6.23. The topological polar surface area (TPSA) is 117 Å². The lowest BCUT2D eigenvalue weighted by atomic mass is 9.79. The van der Waals surface area contributed by atoms with E-state index in [0.29, 0.717) is 38.3 Å². The summed E-state index contributed by atoms with van der Waals surface area (Å²) < 4.78 is 45.0. The van der Waals surface area contributed by atoms with Crippen LogP contribution in [0.3, 0.4) is 0 Å². The fraction of sp³-hybridized carbons (Fsp3) is 0.606. The molecule has 2 aromatic rings. The largest absolute Gasteiger partial charge is 0.344 e. The van der Waals surface area contributed by atoms with Crippen molar-refractivity contribution in [2.45, 2.75) is 89.8 Å². The Hall–Kier alpha value is -3.74. The zero-order chi connectivity index (χ0) is 33.6. The number of piperazine rings is 1. The number of nitrogens with zero attached hydrogens (tertiary/aromatic N) is 4. The molecule has 1 aromatic heterocycles. The van der Waals surface area contributed by atoms with Gasteiger partial charge in [0.1, 0.15) is 17.6 Å². The molecule has 4 rings (SSSR count). The van der Waals surface area contributed by atoms with Crippen LogP contribution in [0.4, 0.5) is 13.2 Å². The van der Waals surface area contributed by atoms with Gasteiger partial charge in [-0.15, -0.1) is 0 Å². The minimum absolute atomic E-state index is 0.0435. The van der Waals surface area contributed by atoms with E-state index in [1.54, 1.807) is 24.8 Å². The minimum atomic E-state index is -2.83. The number of hydrogen-bond donors (Lipinski definition) is 2. The number of amides is 3. The molecular formula is C33H45F3N6O4. The predicted octanol–water partition coefficient (Wildman–Crippen LogP) is 3.55. The van der Waals surface area contributed by atoms with Crippen LogP contribution in [0, 0.1) is 11.7 Å². The zero-order valence-corrected chi connectivity index (χ0v) is 27.0. The molecule has 1 aromatic carbocycles. The number of alkyl halides is 2. The van der Waals surface area contributed by atoms with E-state index in [4.69, 9.17) is 0 Å². The van der Waals surface area contributed by atoms with Crippen LogP contribution in [0.25, 0.3) is 0 Å². The highest BCUT2D eigenvalue weighted by molar-refractivity contribution is 5.97. The van der Waals surface area contributed by atoms with Crippen LogP contribution >= 0.6 is 0 Å². The van der Waals surface area contributed by atoms with Crippen molar-refractivity contribution in [3.63, 3.8) is 0 Å². The predicted molar refractivity (Wildman–Crippen MR) is 166 cm³/mol. The molecule has 0 bridgehead atoms. The molecule has 10 nitrogen and oxygen atoms in total. The second kappa shape index (κ2) is 15.2. The van der Waals surface area contributed by atoms with E-state index in [0.717, 1.165) is 0 Å². The van der Waals surface area contributed by atoms with Gasteiger partial charge in [0.25, 0.3) is 5.91 Å². The van der Waals surface area contributed by atoms with Crippen molar-refractivity contribution in [2.24, 2.45) is 5.92 Å². The molecule has 0 radical (unpaired) electrons. The first-order valence-corrected chi connectivity index (χ1v) is 16.1. The van der Waals surface area contributed by atoms with E-state index in [2.05, 4.69) is 20.6 Å². The lowest BCUT2D eigenvalue weighted by Crippen LogP contribution is -2.55. The molecule has 3 atom stereocenters. The number of carbonyl (C=O) groups is 4. The van der Waals surface area contributed by atoms with Gasteiger partial charge in [0.2, 0.25) is 17.7 Å². The second-order valence-electron chi connectivity index (χ2n) is 12.5. The number of ketones is 1. The molecule has 1 saturated heterocycles. The summed E-state index contributed by atoms with van der Waals surface area (Å²) in [5, 5.41) is 9.65. The number of likely N-dealkylation sites (N-methyl/N-ethyl adjacent to an activating group) is 1. The number of halogens is 3. The number of nitrogens with one attached hydrogen (secondary N) is 2. The molecular weight excluding hydrogens is 601 g/mol. The van der Waals surface area contributed by atoms with E-state index in [-0.39, 0.29) is 48.8 Å². The Morgan fingerprint density at radius 1 is 1.02 bits per heavy atom. The van der Waals surface area contributed by atoms with E-state index in [1.165, 1.54) is 29.1 Å². The average Bonchev–Trinajstić information content (AvgIpc) is 3.52. The van der Waals surface area contributed by atoms with Crippen LogP contribution in [0.15, 0.2) is 30.5 Å². The van der Waals surface area contributed by atoms with Crippen molar-refractivity contribution in [3.05, 3.63) is 53.1 Å². The summed E-state index contributed by atoms with van der Waals surface area (Å²) in [6.45, 7) is 8.13. The second-order valence-corrected chi connectivity index (χ2v) is 12.5. The first-order chi connectivity index (χ1) is 21.8.